The summed E-state index contributed by atoms with van der Waals surface area (Å²) < 4.78 is 26.4. The van der Waals surface area contributed by atoms with E-state index < -0.39 is 10.0 Å². The van der Waals surface area contributed by atoms with Crippen molar-refractivity contribution in [3.63, 3.8) is 0 Å². The second kappa shape index (κ2) is 8.58. The molecule has 0 saturated heterocycles. The van der Waals surface area contributed by atoms with Crippen molar-refractivity contribution < 1.29 is 8.42 Å². The highest BCUT2D eigenvalue weighted by atomic mass is 32.2. The molecule has 21 heavy (non-hydrogen) atoms. The van der Waals surface area contributed by atoms with E-state index in [1.54, 1.807) is 6.07 Å². The zero-order valence-electron chi connectivity index (χ0n) is 12.6. The molecular weight excluding hydrogens is 290 g/mol. The molecule has 118 valence electrons. The van der Waals surface area contributed by atoms with E-state index in [9.17, 15) is 8.42 Å². The van der Waals surface area contributed by atoms with Gasteiger partial charge < -0.3 is 10.6 Å². The van der Waals surface area contributed by atoms with Crippen molar-refractivity contribution in [3.05, 3.63) is 24.5 Å². The number of aliphatic imine (C=N–C) groups is 1. The van der Waals surface area contributed by atoms with Crippen LogP contribution in [0.25, 0.3) is 0 Å². The second-order valence-electron chi connectivity index (χ2n) is 4.65. The van der Waals surface area contributed by atoms with Gasteiger partial charge in [0.1, 0.15) is 4.90 Å². The summed E-state index contributed by atoms with van der Waals surface area (Å²) in [6.45, 7) is 7.33. The summed E-state index contributed by atoms with van der Waals surface area (Å²) in [5.74, 6) is 0.674. The van der Waals surface area contributed by atoms with E-state index in [1.165, 1.54) is 18.5 Å². The summed E-state index contributed by atoms with van der Waals surface area (Å²) in [5.41, 5.74) is 0. The molecule has 1 aromatic rings. The molecule has 0 amide bonds. The quantitative estimate of drug-likeness (QED) is 0.383. The Bertz CT molecular complexity index is 543. The highest BCUT2D eigenvalue weighted by Crippen LogP contribution is 2.04. The molecule has 0 unspecified atom stereocenters. The van der Waals surface area contributed by atoms with E-state index in [-0.39, 0.29) is 17.5 Å². The predicted octanol–water partition coefficient (Wildman–Crippen LogP) is 0.323. The maximum atomic E-state index is 11.9. The molecule has 1 rings (SSSR count). The number of nitrogens with zero attached hydrogens (tertiary/aromatic N) is 2. The minimum absolute atomic E-state index is 0.154. The van der Waals surface area contributed by atoms with Crippen molar-refractivity contribution in [2.75, 3.05) is 19.6 Å². The molecule has 0 aliphatic carbocycles. The number of hydrogen-bond donors (Lipinski definition) is 3. The van der Waals surface area contributed by atoms with Crippen LogP contribution in [0.1, 0.15) is 20.8 Å². The van der Waals surface area contributed by atoms with E-state index in [0.717, 1.165) is 6.54 Å². The zero-order chi connectivity index (χ0) is 15.7. The zero-order valence-corrected chi connectivity index (χ0v) is 13.4. The van der Waals surface area contributed by atoms with Crippen LogP contribution < -0.4 is 15.4 Å². The van der Waals surface area contributed by atoms with Crippen molar-refractivity contribution in [1.82, 2.24) is 20.3 Å². The van der Waals surface area contributed by atoms with Crippen LogP contribution in [0.2, 0.25) is 0 Å². The van der Waals surface area contributed by atoms with Gasteiger partial charge in [-0.1, -0.05) is 0 Å². The average molecular weight is 313 g/mol. The van der Waals surface area contributed by atoms with Gasteiger partial charge in [0.25, 0.3) is 0 Å². The lowest BCUT2D eigenvalue weighted by Crippen LogP contribution is -2.41. The van der Waals surface area contributed by atoms with Crippen molar-refractivity contribution in [2.24, 2.45) is 4.99 Å². The van der Waals surface area contributed by atoms with Crippen LogP contribution in [0.15, 0.2) is 34.4 Å². The standard InChI is InChI=1S/C13H23N5O2S/c1-4-15-13(18-11(2)3)16-8-9-17-21(19,20)12-6-5-7-14-10-12/h5-7,10-11,17H,4,8-9H2,1-3H3,(H2,15,16,18). The molecule has 0 aliphatic rings. The van der Waals surface area contributed by atoms with Gasteiger partial charge in [-0.2, -0.15) is 0 Å². The van der Waals surface area contributed by atoms with Gasteiger partial charge in [0.15, 0.2) is 5.96 Å². The molecule has 0 saturated carbocycles. The monoisotopic (exact) mass is 313 g/mol. The third-order valence-electron chi connectivity index (χ3n) is 2.39. The van der Waals surface area contributed by atoms with Gasteiger partial charge in [-0.3, -0.25) is 9.98 Å². The summed E-state index contributed by atoms with van der Waals surface area (Å²) in [6.07, 6.45) is 2.85. The fraction of sp³-hybridized carbons (Fsp3) is 0.538. The number of hydrogen-bond acceptors (Lipinski definition) is 4. The molecule has 8 heteroatoms. The lowest BCUT2D eigenvalue weighted by molar-refractivity contribution is 0.581. The van der Waals surface area contributed by atoms with Gasteiger partial charge in [-0.25, -0.2) is 13.1 Å². The van der Waals surface area contributed by atoms with Crippen molar-refractivity contribution in [3.8, 4) is 0 Å². The topological polar surface area (TPSA) is 95.5 Å². The van der Waals surface area contributed by atoms with Crippen LogP contribution in [0, 0.1) is 0 Å². The van der Waals surface area contributed by atoms with E-state index in [0.29, 0.717) is 12.5 Å². The normalized spacial score (nSPS) is 12.5. The Morgan fingerprint density at radius 3 is 2.76 bits per heavy atom. The summed E-state index contributed by atoms with van der Waals surface area (Å²) >= 11 is 0. The Labute approximate surface area is 126 Å². The van der Waals surface area contributed by atoms with E-state index >= 15 is 0 Å². The van der Waals surface area contributed by atoms with Crippen molar-refractivity contribution >= 4 is 16.0 Å². The summed E-state index contributed by atoms with van der Waals surface area (Å²) in [5, 5.41) is 6.26. The Morgan fingerprint density at radius 1 is 1.43 bits per heavy atom. The fourth-order valence-electron chi connectivity index (χ4n) is 1.53. The Balaban J connectivity index is 2.52. The van der Waals surface area contributed by atoms with Crippen LogP contribution in [0.5, 0.6) is 0 Å². The number of guanidine groups is 1. The van der Waals surface area contributed by atoms with Gasteiger partial charge in [0, 0.05) is 31.5 Å². The van der Waals surface area contributed by atoms with E-state index in [4.69, 9.17) is 0 Å². The molecule has 0 radical (unpaired) electrons. The minimum Gasteiger partial charge on any atom is -0.357 e. The highest BCUT2D eigenvalue weighted by molar-refractivity contribution is 7.89. The molecule has 1 heterocycles. The van der Waals surface area contributed by atoms with Gasteiger partial charge in [-0.15, -0.1) is 0 Å². The van der Waals surface area contributed by atoms with Gasteiger partial charge in [-0.05, 0) is 32.9 Å². The van der Waals surface area contributed by atoms with Crippen molar-refractivity contribution in [2.45, 2.75) is 31.7 Å². The molecule has 0 fully saturated rings. The summed E-state index contributed by atoms with van der Waals surface area (Å²) in [7, 11) is -3.52. The first-order valence-corrected chi connectivity index (χ1v) is 8.38. The third-order valence-corrected chi connectivity index (χ3v) is 3.83. The van der Waals surface area contributed by atoms with Crippen LogP contribution in [-0.2, 0) is 10.0 Å². The van der Waals surface area contributed by atoms with Gasteiger partial charge >= 0.3 is 0 Å². The largest absolute Gasteiger partial charge is 0.357 e. The molecular formula is C13H23N5O2S. The number of rotatable bonds is 7. The smallest absolute Gasteiger partial charge is 0.242 e. The number of sulfonamides is 1. The molecule has 1 aromatic heterocycles. The number of pyridine rings is 1. The number of aromatic nitrogens is 1. The molecule has 0 aliphatic heterocycles. The Hall–Kier alpha value is -1.67. The van der Waals surface area contributed by atoms with E-state index in [1.807, 2.05) is 20.8 Å². The van der Waals surface area contributed by atoms with Crippen LogP contribution >= 0.6 is 0 Å². The molecule has 3 N–H and O–H groups in total. The maximum Gasteiger partial charge on any atom is 0.242 e. The van der Waals surface area contributed by atoms with E-state index in [2.05, 4.69) is 25.3 Å². The lowest BCUT2D eigenvalue weighted by atomic mass is 10.4. The second-order valence-corrected chi connectivity index (χ2v) is 6.41. The average Bonchev–Trinajstić information content (AvgIpc) is 2.44. The number of nitrogens with one attached hydrogen (secondary N) is 3. The highest BCUT2D eigenvalue weighted by Gasteiger charge is 2.12. The molecule has 0 atom stereocenters. The summed E-state index contributed by atoms with van der Waals surface area (Å²) in [4.78, 5) is 8.25. The minimum atomic E-state index is -3.52. The van der Waals surface area contributed by atoms with Crippen LogP contribution in [-0.4, -0.2) is 45.0 Å². The fourth-order valence-corrected chi connectivity index (χ4v) is 2.51. The first-order chi connectivity index (χ1) is 9.95. The predicted molar refractivity (Wildman–Crippen MR) is 83.7 cm³/mol. The van der Waals surface area contributed by atoms with Gasteiger partial charge in [0.05, 0.1) is 6.54 Å². The molecule has 0 spiro atoms. The summed E-state index contributed by atoms with van der Waals surface area (Å²) in [6, 6.07) is 3.35. The molecule has 0 aromatic carbocycles. The third kappa shape index (κ3) is 6.54. The van der Waals surface area contributed by atoms with Crippen LogP contribution in [0.3, 0.4) is 0 Å². The van der Waals surface area contributed by atoms with Crippen molar-refractivity contribution in [1.29, 1.82) is 0 Å². The first-order valence-electron chi connectivity index (χ1n) is 6.90. The SMILES string of the molecule is CCNC(=NCCNS(=O)(=O)c1cccnc1)NC(C)C. The van der Waals surface area contributed by atoms with Crippen LogP contribution in [0.4, 0.5) is 0 Å². The molecule has 7 nitrogen and oxygen atoms in total. The van der Waals surface area contributed by atoms with Gasteiger partial charge in [0.2, 0.25) is 10.0 Å². The Kier molecular flexibility index (Phi) is 7.10. The lowest BCUT2D eigenvalue weighted by Gasteiger charge is -2.14. The first kappa shape index (κ1) is 17.4. The molecule has 0 bridgehead atoms. The Morgan fingerprint density at radius 2 is 2.19 bits per heavy atom. The maximum absolute atomic E-state index is 11.9.